The molecule has 0 aliphatic carbocycles. The van der Waals surface area contributed by atoms with Crippen LogP contribution >= 0.6 is 0 Å². The molecule has 2 saturated heterocycles. The van der Waals surface area contributed by atoms with Gasteiger partial charge in [-0.1, -0.05) is 6.07 Å². The van der Waals surface area contributed by atoms with Crippen LogP contribution in [-0.2, 0) is 17.7 Å². The van der Waals surface area contributed by atoms with Crippen molar-refractivity contribution >= 4 is 0 Å². The van der Waals surface area contributed by atoms with E-state index >= 15 is 0 Å². The van der Waals surface area contributed by atoms with Gasteiger partial charge in [0.05, 0.1) is 6.10 Å². The Morgan fingerprint density at radius 1 is 1.07 bits per heavy atom. The molecule has 4 rings (SSSR count). The van der Waals surface area contributed by atoms with E-state index in [1.165, 1.54) is 11.1 Å². The summed E-state index contributed by atoms with van der Waals surface area (Å²) >= 11 is 0. The van der Waals surface area contributed by atoms with E-state index < -0.39 is 0 Å². The monoisotopic (exact) mass is 377 g/mol. The van der Waals surface area contributed by atoms with Crippen LogP contribution in [0.2, 0.25) is 0 Å². The lowest BCUT2D eigenvalue weighted by atomic mass is 9.96. The molecule has 0 N–H and O–H groups in total. The lowest BCUT2D eigenvalue weighted by molar-refractivity contribution is -0.0363. The highest BCUT2D eigenvalue weighted by atomic mass is 16.5. The van der Waals surface area contributed by atoms with Crippen molar-refractivity contribution in [1.29, 1.82) is 5.26 Å². The molecule has 2 unspecified atom stereocenters. The van der Waals surface area contributed by atoms with Crippen LogP contribution in [0.3, 0.4) is 0 Å². The van der Waals surface area contributed by atoms with Gasteiger partial charge < -0.3 is 4.74 Å². The Kier molecular flexibility index (Phi) is 6.27. The third-order valence-electron chi connectivity index (χ3n) is 5.82. The van der Waals surface area contributed by atoms with E-state index in [0.29, 0.717) is 17.8 Å². The van der Waals surface area contributed by atoms with Crippen LogP contribution in [0.25, 0.3) is 0 Å². The summed E-state index contributed by atoms with van der Waals surface area (Å²) < 4.78 is 6.03. The third kappa shape index (κ3) is 4.93. The summed E-state index contributed by atoms with van der Waals surface area (Å²) in [6.07, 6.45) is 9.08. The standard InChI is InChI=1S/C22H27N5O/c23-15-20-2-1-19(16-25-20)17-26-8-10-27(11-9-26)21-5-12-28-22(14-21)13-18-3-6-24-7-4-18/h1-4,6-7,16,21-22H,5,8-14,17H2. The molecule has 146 valence electrons. The van der Waals surface area contributed by atoms with E-state index in [4.69, 9.17) is 10.00 Å². The van der Waals surface area contributed by atoms with E-state index in [1.54, 1.807) is 6.07 Å². The fourth-order valence-corrected chi connectivity index (χ4v) is 4.24. The lowest BCUT2D eigenvalue weighted by Gasteiger charge is -2.42. The summed E-state index contributed by atoms with van der Waals surface area (Å²) in [5, 5.41) is 8.86. The number of rotatable bonds is 5. The highest BCUT2D eigenvalue weighted by molar-refractivity contribution is 5.23. The Labute approximate surface area is 166 Å². The van der Waals surface area contributed by atoms with Crippen LogP contribution in [0.15, 0.2) is 42.9 Å². The molecule has 28 heavy (non-hydrogen) atoms. The Balaban J connectivity index is 1.25. The first-order valence-electron chi connectivity index (χ1n) is 10.1. The van der Waals surface area contributed by atoms with Crippen molar-refractivity contribution in [3.8, 4) is 6.07 Å². The first kappa shape index (κ1) is 19.0. The number of nitrogens with zero attached hydrogens (tertiary/aromatic N) is 5. The maximum absolute atomic E-state index is 8.86. The lowest BCUT2D eigenvalue weighted by Crippen LogP contribution is -2.52. The number of nitriles is 1. The van der Waals surface area contributed by atoms with Gasteiger partial charge >= 0.3 is 0 Å². The van der Waals surface area contributed by atoms with Crippen LogP contribution in [0, 0.1) is 11.3 Å². The molecule has 6 heteroatoms. The SMILES string of the molecule is N#Cc1ccc(CN2CCN(C3CCOC(Cc4ccncc4)C3)CC2)cn1. The van der Waals surface area contributed by atoms with Gasteiger partial charge in [-0.3, -0.25) is 14.8 Å². The summed E-state index contributed by atoms with van der Waals surface area (Å²) in [6.45, 7) is 6.13. The van der Waals surface area contributed by atoms with Gasteiger partial charge in [-0.15, -0.1) is 0 Å². The second kappa shape index (κ2) is 9.24. The second-order valence-corrected chi connectivity index (χ2v) is 7.71. The van der Waals surface area contributed by atoms with Gasteiger partial charge in [0, 0.05) is 64.0 Å². The van der Waals surface area contributed by atoms with Crippen LogP contribution in [0.4, 0.5) is 0 Å². The van der Waals surface area contributed by atoms with Crippen LogP contribution in [-0.4, -0.2) is 64.7 Å². The van der Waals surface area contributed by atoms with Crippen molar-refractivity contribution in [2.45, 2.75) is 38.0 Å². The Morgan fingerprint density at radius 3 is 2.61 bits per heavy atom. The zero-order chi connectivity index (χ0) is 19.2. The van der Waals surface area contributed by atoms with Gasteiger partial charge in [0.2, 0.25) is 0 Å². The molecule has 2 aromatic heterocycles. The maximum atomic E-state index is 8.86. The second-order valence-electron chi connectivity index (χ2n) is 7.71. The van der Waals surface area contributed by atoms with Gasteiger partial charge in [0.1, 0.15) is 11.8 Å². The molecule has 2 atom stereocenters. The Bertz CT molecular complexity index is 781. The quantitative estimate of drug-likeness (QED) is 0.796. The molecule has 0 radical (unpaired) electrons. The number of aromatic nitrogens is 2. The molecule has 0 spiro atoms. The Morgan fingerprint density at radius 2 is 1.89 bits per heavy atom. The number of ether oxygens (including phenoxy) is 1. The van der Waals surface area contributed by atoms with E-state index in [-0.39, 0.29) is 0 Å². The van der Waals surface area contributed by atoms with E-state index in [1.807, 2.05) is 24.7 Å². The molecule has 6 nitrogen and oxygen atoms in total. The average molecular weight is 377 g/mol. The molecular formula is C22H27N5O. The van der Waals surface area contributed by atoms with Crippen molar-refractivity contribution in [2.75, 3.05) is 32.8 Å². The van der Waals surface area contributed by atoms with E-state index in [2.05, 4.69) is 38.0 Å². The minimum atomic E-state index is 0.309. The first-order chi connectivity index (χ1) is 13.8. The maximum Gasteiger partial charge on any atom is 0.140 e. The Hall–Kier alpha value is -2.33. The summed E-state index contributed by atoms with van der Waals surface area (Å²) in [5.41, 5.74) is 2.96. The molecule has 0 aromatic carbocycles. The van der Waals surface area contributed by atoms with Crippen molar-refractivity contribution < 1.29 is 4.74 Å². The molecule has 0 bridgehead atoms. The molecule has 2 aromatic rings. The van der Waals surface area contributed by atoms with Crippen LogP contribution in [0.5, 0.6) is 0 Å². The molecule has 2 aliphatic rings. The summed E-state index contributed by atoms with van der Waals surface area (Å²) in [6, 6.07) is 10.7. The fraction of sp³-hybridized carbons (Fsp3) is 0.500. The molecule has 0 amide bonds. The third-order valence-corrected chi connectivity index (χ3v) is 5.82. The van der Waals surface area contributed by atoms with Gasteiger partial charge in [-0.2, -0.15) is 5.26 Å². The largest absolute Gasteiger partial charge is 0.378 e. The van der Waals surface area contributed by atoms with Gasteiger partial charge in [0.25, 0.3) is 0 Å². The zero-order valence-corrected chi connectivity index (χ0v) is 16.2. The first-order valence-corrected chi connectivity index (χ1v) is 10.1. The van der Waals surface area contributed by atoms with Gasteiger partial charge in [0.15, 0.2) is 0 Å². The normalized spacial score (nSPS) is 24.0. The predicted octanol–water partition coefficient (Wildman–Crippen LogP) is 2.26. The molecule has 2 aliphatic heterocycles. The minimum absolute atomic E-state index is 0.309. The molecule has 2 fully saturated rings. The van der Waals surface area contributed by atoms with Crippen LogP contribution in [0.1, 0.15) is 29.7 Å². The molecule has 0 saturated carbocycles. The smallest absolute Gasteiger partial charge is 0.140 e. The minimum Gasteiger partial charge on any atom is -0.378 e. The number of piperazine rings is 1. The summed E-state index contributed by atoms with van der Waals surface area (Å²) in [5.74, 6) is 0. The van der Waals surface area contributed by atoms with Gasteiger partial charge in [-0.05, 0) is 48.6 Å². The summed E-state index contributed by atoms with van der Waals surface area (Å²) in [4.78, 5) is 13.4. The average Bonchev–Trinajstić information content (AvgIpc) is 2.76. The summed E-state index contributed by atoms with van der Waals surface area (Å²) in [7, 11) is 0. The van der Waals surface area contributed by atoms with Crippen molar-refractivity contribution in [3.63, 3.8) is 0 Å². The van der Waals surface area contributed by atoms with E-state index in [0.717, 1.165) is 58.6 Å². The molecule has 4 heterocycles. The fourth-order valence-electron chi connectivity index (χ4n) is 4.24. The van der Waals surface area contributed by atoms with Crippen molar-refractivity contribution in [3.05, 3.63) is 59.7 Å². The van der Waals surface area contributed by atoms with Crippen molar-refractivity contribution in [2.24, 2.45) is 0 Å². The number of hydrogen-bond donors (Lipinski definition) is 0. The van der Waals surface area contributed by atoms with Crippen molar-refractivity contribution in [1.82, 2.24) is 19.8 Å². The number of hydrogen-bond acceptors (Lipinski definition) is 6. The molecular weight excluding hydrogens is 350 g/mol. The topological polar surface area (TPSA) is 65.3 Å². The zero-order valence-electron chi connectivity index (χ0n) is 16.2. The highest BCUT2D eigenvalue weighted by Crippen LogP contribution is 2.23. The highest BCUT2D eigenvalue weighted by Gasteiger charge is 2.29. The predicted molar refractivity (Wildman–Crippen MR) is 107 cm³/mol. The van der Waals surface area contributed by atoms with E-state index in [9.17, 15) is 0 Å². The van der Waals surface area contributed by atoms with Crippen LogP contribution < -0.4 is 0 Å². The van der Waals surface area contributed by atoms with Gasteiger partial charge in [-0.25, -0.2) is 4.98 Å². The number of pyridine rings is 2.